The van der Waals surface area contributed by atoms with Crippen LogP contribution in [0.25, 0.3) is 0 Å². The lowest BCUT2D eigenvalue weighted by molar-refractivity contribution is -0.384. The van der Waals surface area contributed by atoms with Gasteiger partial charge in [0.15, 0.2) is 0 Å². The Morgan fingerprint density at radius 2 is 1.91 bits per heavy atom. The number of hydrogen-bond acceptors (Lipinski definition) is 5. The second-order valence-electron chi connectivity index (χ2n) is 5.50. The summed E-state index contributed by atoms with van der Waals surface area (Å²) in [6.07, 6.45) is -0.0890. The summed E-state index contributed by atoms with van der Waals surface area (Å²) in [7, 11) is 0. The molecule has 0 fully saturated rings. The fraction of sp³-hybridized carbons (Fsp3) is 0.294. The van der Waals surface area contributed by atoms with E-state index >= 15 is 0 Å². The SMILES string of the molecule is CC(NCc1cc([N+](=O)[O-])ccc1O)C(O)Cc1ccccc1. The molecule has 23 heavy (non-hydrogen) atoms. The standard InChI is InChI=1S/C17H20N2O4/c1-12(17(21)9-13-5-3-2-4-6-13)18-11-14-10-15(19(22)23)7-8-16(14)20/h2-8,10,12,17-18,20-21H,9,11H2,1H3. The molecule has 3 N–H and O–H groups in total. The van der Waals surface area contributed by atoms with E-state index in [-0.39, 0.29) is 24.0 Å². The van der Waals surface area contributed by atoms with Gasteiger partial charge in [-0.25, -0.2) is 0 Å². The van der Waals surface area contributed by atoms with Crippen molar-refractivity contribution in [3.8, 4) is 5.75 Å². The molecule has 2 unspecified atom stereocenters. The van der Waals surface area contributed by atoms with Crippen LogP contribution in [-0.2, 0) is 13.0 Å². The Kier molecular flexibility index (Phi) is 5.67. The van der Waals surface area contributed by atoms with Crippen molar-refractivity contribution < 1.29 is 15.1 Å². The molecule has 0 aliphatic rings. The normalized spacial score (nSPS) is 13.5. The van der Waals surface area contributed by atoms with Gasteiger partial charge in [-0.05, 0) is 25.0 Å². The molecule has 6 heteroatoms. The predicted octanol–water partition coefficient (Wildman–Crippen LogP) is 2.38. The van der Waals surface area contributed by atoms with E-state index in [1.165, 1.54) is 18.2 Å². The van der Waals surface area contributed by atoms with E-state index in [9.17, 15) is 20.3 Å². The molecule has 6 nitrogen and oxygen atoms in total. The largest absolute Gasteiger partial charge is 0.508 e. The Labute approximate surface area is 134 Å². The molecule has 0 saturated carbocycles. The highest BCUT2D eigenvalue weighted by molar-refractivity contribution is 5.42. The van der Waals surface area contributed by atoms with Crippen molar-refractivity contribution in [3.05, 3.63) is 69.8 Å². The van der Waals surface area contributed by atoms with Gasteiger partial charge in [0, 0.05) is 30.3 Å². The minimum absolute atomic E-state index is 0.00662. The van der Waals surface area contributed by atoms with Crippen molar-refractivity contribution in [1.82, 2.24) is 5.32 Å². The van der Waals surface area contributed by atoms with Gasteiger partial charge in [-0.3, -0.25) is 10.1 Å². The number of nitro groups is 1. The Bertz CT molecular complexity index is 661. The van der Waals surface area contributed by atoms with Crippen LogP contribution in [0.3, 0.4) is 0 Å². The molecule has 2 aromatic rings. The highest BCUT2D eigenvalue weighted by Gasteiger charge is 2.16. The smallest absolute Gasteiger partial charge is 0.270 e. The molecule has 2 rings (SSSR count). The first-order valence-electron chi connectivity index (χ1n) is 7.39. The fourth-order valence-corrected chi connectivity index (χ4v) is 2.27. The number of nitrogens with one attached hydrogen (secondary N) is 1. The molecule has 0 aromatic heterocycles. The summed E-state index contributed by atoms with van der Waals surface area (Å²) in [6, 6.07) is 13.3. The van der Waals surface area contributed by atoms with Crippen LogP contribution in [0.4, 0.5) is 5.69 Å². The van der Waals surface area contributed by atoms with Crippen LogP contribution < -0.4 is 5.32 Å². The number of phenols is 1. The summed E-state index contributed by atoms with van der Waals surface area (Å²) in [4.78, 5) is 10.3. The fourth-order valence-electron chi connectivity index (χ4n) is 2.27. The van der Waals surface area contributed by atoms with Gasteiger partial charge in [0.25, 0.3) is 5.69 Å². The second kappa shape index (κ2) is 7.71. The average molecular weight is 316 g/mol. The van der Waals surface area contributed by atoms with E-state index in [1.807, 2.05) is 37.3 Å². The topological polar surface area (TPSA) is 95.6 Å². The van der Waals surface area contributed by atoms with Crippen molar-refractivity contribution in [3.63, 3.8) is 0 Å². The molecule has 2 aromatic carbocycles. The summed E-state index contributed by atoms with van der Waals surface area (Å²) < 4.78 is 0. The van der Waals surface area contributed by atoms with Crippen LogP contribution in [0.2, 0.25) is 0 Å². The Morgan fingerprint density at radius 3 is 2.57 bits per heavy atom. The number of hydrogen-bond donors (Lipinski definition) is 3. The van der Waals surface area contributed by atoms with Crippen molar-refractivity contribution in [1.29, 1.82) is 0 Å². The molecule has 0 saturated heterocycles. The third-order valence-electron chi connectivity index (χ3n) is 3.75. The lowest BCUT2D eigenvalue weighted by Gasteiger charge is -2.20. The van der Waals surface area contributed by atoms with E-state index in [4.69, 9.17) is 0 Å². The molecule has 0 radical (unpaired) electrons. The molecule has 0 spiro atoms. The maximum Gasteiger partial charge on any atom is 0.270 e. The highest BCUT2D eigenvalue weighted by atomic mass is 16.6. The van der Waals surface area contributed by atoms with E-state index in [0.29, 0.717) is 12.0 Å². The monoisotopic (exact) mass is 316 g/mol. The quantitative estimate of drug-likeness (QED) is 0.538. The van der Waals surface area contributed by atoms with E-state index < -0.39 is 11.0 Å². The minimum Gasteiger partial charge on any atom is -0.508 e. The van der Waals surface area contributed by atoms with Gasteiger partial charge in [-0.1, -0.05) is 30.3 Å². The van der Waals surface area contributed by atoms with E-state index in [1.54, 1.807) is 0 Å². The van der Waals surface area contributed by atoms with Gasteiger partial charge in [0.05, 0.1) is 11.0 Å². The summed E-state index contributed by atoms with van der Waals surface area (Å²) in [6.45, 7) is 2.07. The molecule has 0 bridgehead atoms. The third-order valence-corrected chi connectivity index (χ3v) is 3.75. The van der Waals surface area contributed by atoms with Gasteiger partial charge in [-0.15, -0.1) is 0 Å². The van der Waals surface area contributed by atoms with Crippen LogP contribution >= 0.6 is 0 Å². The van der Waals surface area contributed by atoms with E-state index in [0.717, 1.165) is 5.56 Å². The molecular formula is C17H20N2O4. The number of aliphatic hydroxyl groups excluding tert-OH is 1. The molecule has 122 valence electrons. The summed E-state index contributed by atoms with van der Waals surface area (Å²) in [5, 5.41) is 33.9. The number of benzene rings is 2. The molecule has 0 aliphatic heterocycles. The molecule has 2 atom stereocenters. The van der Waals surface area contributed by atoms with Crippen molar-refractivity contribution in [2.75, 3.05) is 0 Å². The summed E-state index contributed by atoms with van der Waals surface area (Å²) in [5.41, 5.74) is 1.39. The van der Waals surface area contributed by atoms with Gasteiger partial charge in [-0.2, -0.15) is 0 Å². The number of nitro benzene ring substituents is 1. The van der Waals surface area contributed by atoms with Crippen LogP contribution in [0.5, 0.6) is 5.75 Å². The van der Waals surface area contributed by atoms with Crippen LogP contribution in [0, 0.1) is 10.1 Å². The van der Waals surface area contributed by atoms with Gasteiger partial charge in [0.1, 0.15) is 5.75 Å². The third kappa shape index (κ3) is 4.77. The zero-order valence-electron chi connectivity index (χ0n) is 12.8. The number of non-ortho nitro benzene ring substituents is 1. The van der Waals surface area contributed by atoms with Crippen molar-refractivity contribution in [2.45, 2.75) is 32.0 Å². The molecule has 0 aliphatic carbocycles. The van der Waals surface area contributed by atoms with Crippen LogP contribution in [0.1, 0.15) is 18.1 Å². The average Bonchev–Trinajstić information content (AvgIpc) is 2.54. The van der Waals surface area contributed by atoms with Crippen molar-refractivity contribution >= 4 is 5.69 Å². The molecular weight excluding hydrogens is 296 g/mol. The molecule has 0 heterocycles. The first-order valence-corrected chi connectivity index (χ1v) is 7.39. The maximum atomic E-state index is 10.8. The van der Waals surface area contributed by atoms with E-state index in [2.05, 4.69) is 5.32 Å². The van der Waals surface area contributed by atoms with Crippen molar-refractivity contribution in [2.24, 2.45) is 0 Å². The first kappa shape index (κ1) is 16.9. The Morgan fingerprint density at radius 1 is 1.22 bits per heavy atom. The number of aliphatic hydroxyl groups is 1. The van der Waals surface area contributed by atoms with Crippen LogP contribution in [-0.4, -0.2) is 27.3 Å². The second-order valence-corrected chi connectivity index (χ2v) is 5.50. The zero-order chi connectivity index (χ0) is 16.8. The Hall–Kier alpha value is -2.44. The van der Waals surface area contributed by atoms with Gasteiger partial charge in [0.2, 0.25) is 0 Å². The Balaban J connectivity index is 1.94. The minimum atomic E-state index is -0.599. The lowest BCUT2D eigenvalue weighted by atomic mass is 10.0. The van der Waals surface area contributed by atoms with Gasteiger partial charge < -0.3 is 15.5 Å². The zero-order valence-corrected chi connectivity index (χ0v) is 12.8. The first-order chi connectivity index (χ1) is 11.0. The maximum absolute atomic E-state index is 10.8. The summed E-state index contributed by atoms with van der Waals surface area (Å²) >= 11 is 0. The highest BCUT2D eigenvalue weighted by Crippen LogP contribution is 2.23. The number of aromatic hydroxyl groups is 1. The van der Waals surface area contributed by atoms with Crippen LogP contribution in [0.15, 0.2) is 48.5 Å². The number of nitrogens with zero attached hydrogens (tertiary/aromatic N) is 1. The number of rotatable bonds is 7. The number of phenolic OH excluding ortho intramolecular Hbond substituents is 1. The summed E-state index contributed by atoms with van der Waals surface area (Å²) in [5.74, 6) is -0.00662. The van der Waals surface area contributed by atoms with Gasteiger partial charge >= 0.3 is 0 Å². The lowest BCUT2D eigenvalue weighted by Crippen LogP contribution is -2.38. The predicted molar refractivity (Wildman–Crippen MR) is 87.2 cm³/mol. The molecule has 0 amide bonds.